The number of nitrogens with zero attached hydrogens (tertiary/aromatic N) is 1. The summed E-state index contributed by atoms with van der Waals surface area (Å²) in [6, 6.07) is 12.0. The number of benzene rings is 2. The summed E-state index contributed by atoms with van der Waals surface area (Å²) < 4.78 is 18.3. The van der Waals surface area contributed by atoms with Gasteiger partial charge in [0.15, 0.2) is 0 Å². The smallest absolute Gasteiger partial charge is 0.319 e. The van der Waals surface area contributed by atoms with Gasteiger partial charge in [0, 0.05) is 30.4 Å². The third kappa shape index (κ3) is 4.06. The summed E-state index contributed by atoms with van der Waals surface area (Å²) in [7, 11) is 1.56. The summed E-state index contributed by atoms with van der Waals surface area (Å²) in [5.41, 5.74) is 1.07. The van der Waals surface area contributed by atoms with E-state index in [1.54, 1.807) is 36.3 Å². The van der Waals surface area contributed by atoms with E-state index in [4.69, 9.17) is 4.74 Å². The molecule has 1 fully saturated rings. The third-order valence-electron chi connectivity index (χ3n) is 3.91. The van der Waals surface area contributed by atoms with Crippen LogP contribution in [-0.2, 0) is 4.79 Å². The fourth-order valence-electron chi connectivity index (χ4n) is 2.75. The van der Waals surface area contributed by atoms with Crippen molar-refractivity contribution < 1.29 is 18.7 Å². The van der Waals surface area contributed by atoms with Gasteiger partial charge in [0.05, 0.1) is 13.2 Å². The lowest BCUT2D eigenvalue weighted by Gasteiger charge is -2.18. The van der Waals surface area contributed by atoms with Crippen molar-refractivity contribution in [2.45, 2.75) is 12.5 Å². The van der Waals surface area contributed by atoms with E-state index >= 15 is 0 Å². The molecule has 0 bridgehead atoms. The van der Waals surface area contributed by atoms with E-state index < -0.39 is 11.8 Å². The zero-order valence-electron chi connectivity index (χ0n) is 13.7. The molecule has 7 heteroatoms. The molecule has 130 valence electrons. The number of halogens is 1. The molecule has 3 amide bonds. The van der Waals surface area contributed by atoms with Crippen LogP contribution in [0, 0.1) is 5.82 Å². The average molecular weight is 343 g/mol. The summed E-state index contributed by atoms with van der Waals surface area (Å²) in [5, 5.41) is 5.30. The standard InChI is InChI=1S/C18H18FN3O3/c1-25-16-7-3-6-15(10-16)22-11-14(9-17(22)23)21-18(24)20-13-5-2-4-12(19)8-13/h2-8,10,14H,9,11H2,1H3,(H2,20,21,24)/t14-/m1/s1. The minimum absolute atomic E-state index is 0.0793. The van der Waals surface area contributed by atoms with Gasteiger partial charge < -0.3 is 20.3 Å². The number of methoxy groups -OCH3 is 1. The number of hydrogen-bond donors (Lipinski definition) is 2. The van der Waals surface area contributed by atoms with Crippen molar-refractivity contribution in [3.63, 3.8) is 0 Å². The summed E-state index contributed by atoms with van der Waals surface area (Å²) in [6.45, 7) is 0.364. The van der Waals surface area contributed by atoms with Crippen LogP contribution in [0.1, 0.15) is 6.42 Å². The number of carbonyl (C=O) groups excluding carboxylic acids is 2. The van der Waals surface area contributed by atoms with Crippen molar-refractivity contribution in [1.82, 2.24) is 5.32 Å². The maximum Gasteiger partial charge on any atom is 0.319 e. The second-order valence-electron chi connectivity index (χ2n) is 5.72. The van der Waals surface area contributed by atoms with Crippen LogP contribution >= 0.6 is 0 Å². The van der Waals surface area contributed by atoms with Gasteiger partial charge in [-0.2, -0.15) is 0 Å². The predicted molar refractivity (Wildman–Crippen MR) is 92.3 cm³/mol. The van der Waals surface area contributed by atoms with Crippen LogP contribution in [0.2, 0.25) is 0 Å². The van der Waals surface area contributed by atoms with Gasteiger partial charge >= 0.3 is 6.03 Å². The van der Waals surface area contributed by atoms with Gasteiger partial charge in [-0.3, -0.25) is 4.79 Å². The molecule has 25 heavy (non-hydrogen) atoms. The maximum absolute atomic E-state index is 13.1. The Labute approximate surface area is 144 Å². The van der Waals surface area contributed by atoms with Crippen molar-refractivity contribution in [2.24, 2.45) is 0 Å². The number of ether oxygens (including phenoxy) is 1. The van der Waals surface area contributed by atoms with E-state index in [1.807, 2.05) is 6.07 Å². The molecule has 0 saturated carbocycles. The Balaban J connectivity index is 1.61. The lowest BCUT2D eigenvalue weighted by atomic mass is 10.2. The topological polar surface area (TPSA) is 70.7 Å². The minimum atomic E-state index is -0.476. The molecular weight excluding hydrogens is 325 g/mol. The number of carbonyl (C=O) groups is 2. The molecule has 0 unspecified atom stereocenters. The number of hydrogen-bond acceptors (Lipinski definition) is 3. The molecule has 2 N–H and O–H groups in total. The summed E-state index contributed by atoms with van der Waals surface area (Å²) >= 11 is 0. The molecular formula is C18H18FN3O3. The molecule has 1 atom stereocenters. The number of rotatable bonds is 4. The van der Waals surface area contributed by atoms with Crippen LogP contribution in [0.5, 0.6) is 5.75 Å². The number of amides is 3. The summed E-state index contributed by atoms with van der Waals surface area (Å²) in [4.78, 5) is 25.9. The third-order valence-corrected chi connectivity index (χ3v) is 3.91. The Morgan fingerprint density at radius 2 is 2.04 bits per heavy atom. The first kappa shape index (κ1) is 16.8. The molecule has 1 aliphatic rings. The monoisotopic (exact) mass is 343 g/mol. The van der Waals surface area contributed by atoms with E-state index in [1.165, 1.54) is 18.2 Å². The molecule has 0 aromatic heterocycles. The van der Waals surface area contributed by atoms with Crippen molar-refractivity contribution in [3.8, 4) is 5.75 Å². The lowest BCUT2D eigenvalue weighted by Crippen LogP contribution is -2.39. The Morgan fingerprint density at radius 3 is 2.80 bits per heavy atom. The summed E-state index contributed by atoms with van der Waals surface area (Å²) in [5.74, 6) is 0.146. The Bertz CT molecular complexity index is 797. The van der Waals surface area contributed by atoms with Crippen molar-refractivity contribution in [2.75, 3.05) is 23.9 Å². The van der Waals surface area contributed by atoms with Gasteiger partial charge in [-0.05, 0) is 30.3 Å². The largest absolute Gasteiger partial charge is 0.497 e. The molecule has 0 radical (unpaired) electrons. The number of nitrogens with one attached hydrogen (secondary N) is 2. The molecule has 2 aromatic rings. The predicted octanol–water partition coefficient (Wildman–Crippen LogP) is 2.76. The Morgan fingerprint density at radius 1 is 1.24 bits per heavy atom. The fourth-order valence-corrected chi connectivity index (χ4v) is 2.75. The zero-order valence-corrected chi connectivity index (χ0v) is 13.7. The quantitative estimate of drug-likeness (QED) is 0.897. The maximum atomic E-state index is 13.1. The first-order chi connectivity index (χ1) is 12.0. The van der Waals surface area contributed by atoms with Crippen LogP contribution in [0.4, 0.5) is 20.6 Å². The SMILES string of the molecule is COc1cccc(N2C[C@H](NC(=O)Nc3cccc(F)c3)CC2=O)c1. The fraction of sp³-hybridized carbons (Fsp3) is 0.222. The highest BCUT2D eigenvalue weighted by Crippen LogP contribution is 2.25. The zero-order chi connectivity index (χ0) is 17.8. The molecule has 1 saturated heterocycles. The number of anilines is 2. The highest BCUT2D eigenvalue weighted by atomic mass is 19.1. The average Bonchev–Trinajstić information content (AvgIpc) is 2.95. The van der Waals surface area contributed by atoms with Gasteiger partial charge in [-0.25, -0.2) is 9.18 Å². The van der Waals surface area contributed by atoms with E-state index in [0.29, 0.717) is 18.0 Å². The first-order valence-electron chi connectivity index (χ1n) is 7.82. The second-order valence-corrected chi connectivity index (χ2v) is 5.72. The Kier molecular flexibility index (Phi) is 4.83. The van der Waals surface area contributed by atoms with Crippen molar-refractivity contribution >= 4 is 23.3 Å². The molecule has 0 aliphatic carbocycles. The lowest BCUT2D eigenvalue weighted by molar-refractivity contribution is -0.117. The van der Waals surface area contributed by atoms with Crippen LogP contribution in [0.15, 0.2) is 48.5 Å². The van der Waals surface area contributed by atoms with Gasteiger partial charge in [-0.1, -0.05) is 12.1 Å². The van der Waals surface area contributed by atoms with E-state index in [9.17, 15) is 14.0 Å². The minimum Gasteiger partial charge on any atom is -0.497 e. The number of urea groups is 1. The van der Waals surface area contributed by atoms with Gasteiger partial charge in [0.1, 0.15) is 11.6 Å². The van der Waals surface area contributed by atoms with Crippen LogP contribution < -0.4 is 20.3 Å². The normalized spacial score (nSPS) is 16.6. The molecule has 6 nitrogen and oxygen atoms in total. The van der Waals surface area contributed by atoms with Crippen molar-refractivity contribution in [1.29, 1.82) is 0 Å². The second kappa shape index (κ2) is 7.21. The van der Waals surface area contributed by atoms with Gasteiger partial charge in [-0.15, -0.1) is 0 Å². The molecule has 1 heterocycles. The van der Waals surface area contributed by atoms with Gasteiger partial charge in [0.2, 0.25) is 5.91 Å². The van der Waals surface area contributed by atoms with E-state index in [-0.39, 0.29) is 18.4 Å². The molecule has 1 aliphatic heterocycles. The van der Waals surface area contributed by atoms with Crippen molar-refractivity contribution in [3.05, 3.63) is 54.3 Å². The van der Waals surface area contributed by atoms with Crippen LogP contribution in [0.3, 0.4) is 0 Å². The van der Waals surface area contributed by atoms with E-state index in [0.717, 1.165) is 5.69 Å². The highest BCUT2D eigenvalue weighted by Gasteiger charge is 2.31. The first-order valence-corrected chi connectivity index (χ1v) is 7.82. The molecule has 3 rings (SSSR count). The van der Waals surface area contributed by atoms with Crippen LogP contribution in [0.25, 0.3) is 0 Å². The van der Waals surface area contributed by atoms with E-state index in [2.05, 4.69) is 10.6 Å². The summed E-state index contributed by atoms with van der Waals surface area (Å²) in [6.07, 6.45) is 0.202. The molecule has 0 spiro atoms. The molecule has 2 aromatic carbocycles. The van der Waals surface area contributed by atoms with Crippen LogP contribution in [-0.4, -0.2) is 31.6 Å². The van der Waals surface area contributed by atoms with Gasteiger partial charge in [0.25, 0.3) is 0 Å². The highest BCUT2D eigenvalue weighted by molar-refractivity contribution is 5.97. The Hall–Kier alpha value is -3.09.